The molecule has 3 N–H and O–H groups in total. The van der Waals surface area contributed by atoms with Crippen molar-refractivity contribution in [3.63, 3.8) is 0 Å². The van der Waals surface area contributed by atoms with Gasteiger partial charge in [0.25, 0.3) is 0 Å². The molecule has 0 bridgehead atoms. The van der Waals surface area contributed by atoms with Gasteiger partial charge in [-0.15, -0.1) is 0 Å². The highest BCUT2D eigenvalue weighted by Gasteiger charge is 2.26. The van der Waals surface area contributed by atoms with Crippen LogP contribution in [0.1, 0.15) is 386 Å². The Labute approximate surface area is 612 Å². The van der Waals surface area contributed by atoms with Crippen LogP contribution in [0.5, 0.6) is 0 Å². The smallest absolute Gasteiger partial charge is 0.462 e. The average molecular weight is 1400 g/mol. The van der Waals surface area contributed by atoms with Gasteiger partial charge in [-0.05, 0) is 109 Å². The minimum Gasteiger partial charge on any atom is -0.462 e. The molecule has 2 unspecified atom stereocenters. The van der Waals surface area contributed by atoms with E-state index in [2.05, 4.69) is 148 Å². The highest BCUT2D eigenvalue weighted by molar-refractivity contribution is 7.47. The van der Waals surface area contributed by atoms with Gasteiger partial charge in [0.2, 0.25) is 0 Å². The number of phosphoric acid groups is 1. The molecule has 0 heterocycles. The zero-order chi connectivity index (χ0) is 71.5. The molecule has 0 saturated heterocycles. The number of hydrogen-bond donors (Lipinski definition) is 2. The number of ether oxygens (including phenoxy) is 2. The van der Waals surface area contributed by atoms with Crippen LogP contribution in [0.3, 0.4) is 0 Å². The Balaban J connectivity index is 3.78. The normalized spacial score (nSPS) is 13.5. The Morgan fingerprint density at radius 1 is 0.303 bits per heavy atom. The third-order valence-electron chi connectivity index (χ3n) is 18.0. The Kier molecular flexibility index (Phi) is 79.9. The second kappa shape index (κ2) is 83.1. The summed E-state index contributed by atoms with van der Waals surface area (Å²) >= 11 is 0. The molecule has 0 amide bonds. The van der Waals surface area contributed by atoms with E-state index in [9.17, 15) is 19.0 Å². The maximum atomic E-state index is 12.8. The highest BCUT2D eigenvalue weighted by atomic mass is 31.2. The molecule has 0 saturated carbocycles. The van der Waals surface area contributed by atoms with Crippen LogP contribution >= 0.6 is 7.82 Å². The molecule has 0 spiro atoms. The van der Waals surface area contributed by atoms with Crippen LogP contribution < -0.4 is 5.73 Å². The van der Waals surface area contributed by atoms with E-state index in [0.29, 0.717) is 6.42 Å². The van der Waals surface area contributed by atoms with E-state index in [1.165, 1.54) is 244 Å². The molecule has 9 nitrogen and oxygen atoms in total. The van der Waals surface area contributed by atoms with E-state index >= 15 is 0 Å². The lowest BCUT2D eigenvalue weighted by atomic mass is 10.0. The first-order chi connectivity index (χ1) is 48.8. The molecule has 0 aromatic rings. The molecule has 0 fully saturated rings. The van der Waals surface area contributed by atoms with Crippen LogP contribution in [0.25, 0.3) is 0 Å². The van der Waals surface area contributed by atoms with Crippen molar-refractivity contribution >= 4 is 19.8 Å². The SMILES string of the molecule is CC/C=C\C/C=C\C/C=C\C/C=C\C/C=C\C/C=C\C/C=C\CCCCCCCCCCCCCCCCCCCC(=O)OC(COC(=O)CCCCCCCCCCCCCCCCCCCCCCCCCCCC/C=C\C/C=C\C/C=C\C/C=C\CC)COP(=O)(O)OCCN. The van der Waals surface area contributed by atoms with Gasteiger partial charge in [0, 0.05) is 19.4 Å². The summed E-state index contributed by atoms with van der Waals surface area (Å²) in [6, 6.07) is 0. The van der Waals surface area contributed by atoms with Crippen LogP contribution in [-0.4, -0.2) is 49.3 Å². The molecule has 0 aliphatic carbocycles. The fraction of sp³-hybridized carbons (Fsp3) is 0.730. The molecule has 0 aliphatic rings. The number of esters is 2. The summed E-state index contributed by atoms with van der Waals surface area (Å²) in [6.07, 6.45) is 119. The predicted molar refractivity (Wildman–Crippen MR) is 431 cm³/mol. The van der Waals surface area contributed by atoms with Gasteiger partial charge in [-0.2, -0.15) is 0 Å². The Morgan fingerprint density at radius 2 is 0.525 bits per heavy atom. The summed E-state index contributed by atoms with van der Waals surface area (Å²) in [5.41, 5.74) is 5.42. The lowest BCUT2D eigenvalue weighted by molar-refractivity contribution is -0.161. The van der Waals surface area contributed by atoms with Gasteiger partial charge >= 0.3 is 19.8 Å². The number of unbranched alkanes of at least 4 members (excludes halogenated alkanes) is 43. The van der Waals surface area contributed by atoms with Crippen molar-refractivity contribution in [3.8, 4) is 0 Å². The molecule has 99 heavy (non-hydrogen) atoms. The van der Waals surface area contributed by atoms with Crippen molar-refractivity contribution < 1.29 is 37.6 Å². The Hall–Kier alpha value is -3.85. The minimum atomic E-state index is -4.40. The van der Waals surface area contributed by atoms with Crippen LogP contribution in [0.2, 0.25) is 0 Å². The lowest BCUT2D eigenvalue weighted by Crippen LogP contribution is -2.29. The molecule has 10 heteroatoms. The van der Waals surface area contributed by atoms with Crippen molar-refractivity contribution in [2.45, 2.75) is 392 Å². The van der Waals surface area contributed by atoms with Crippen LogP contribution in [0, 0.1) is 0 Å². The van der Waals surface area contributed by atoms with Crippen LogP contribution in [0.15, 0.2) is 134 Å². The zero-order valence-electron chi connectivity index (χ0n) is 64.4. The summed E-state index contributed by atoms with van der Waals surface area (Å²) in [7, 11) is -4.40. The lowest BCUT2D eigenvalue weighted by Gasteiger charge is -2.19. The molecule has 0 aliphatic heterocycles. The largest absolute Gasteiger partial charge is 0.472 e. The average Bonchev–Trinajstić information content (AvgIpc) is 1.35. The highest BCUT2D eigenvalue weighted by Crippen LogP contribution is 2.43. The van der Waals surface area contributed by atoms with Crippen molar-refractivity contribution in [2.24, 2.45) is 5.73 Å². The molecule has 0 rings (SSSR count). The van der Waals surface area contributed by atoms with Crippen molar-refractivity contribution in [1.82, 2.24) is 0 Å². The number of nitrogens with two attached hydrogens (primary N) is 1. The third-order valence-corrected chi connectivity index (χ3v) is 19.0. The van der Waals surface area contributed by atoms with Crippen molar-refractivity contribution in [2.75, 3.05) is 26.4 Å². The third kappa shape index (κ3) is 83.0. The zero-order valence-corrected chi connectivity index (χ0v) is 65.3. The fourth-order valence-corrected chi connectivity index (χ4v) is 12.7. The second-order valence-electron chi connectivity index (χ2n) is 27.6. The van der Waals surface area contributed by atoms with Gasteiger partial charge in [-0.25, -0.2) is 4.57 Å². The number of rotatable bonds is 78. The minimum absolute atomic E-state index is 0.0519. The van der Waals surface area contributed by atoms with E-state index in [4.69, 9.17) is 24.3 Å². The molecule has 0 radical (unpaired) electrons. The van der Waals surface area contributed by atoms with Crippen molar-refractivity contribution in [3.05, 3.63) is 134 Å². The van der Waals surface area contributed by atoms with E-state index in [1.54, 1.807) is 0 Å². The molecule has 0 aromatic carbocycles. The van der Waals surface area contributed by atoms with E-state index < -0.39 is 26.5 Å². The summed E-state index contributed by atoms with van der Waals surface area (Å²) < 4.78 is 33.3. The monoisotopic (exact) mass is 1400 g/mol. The molecular weight excluding hydrogens is 1240 g/mol. The first-order valence-corrected chi connectivity index (χ1v) is 43.2. The number of carbonyl (C=O) groups is 2. The fourth-order valence-electron chi connectivity index (χ4n) is 12.0. The van der Waals surface area contributed by atoms with Gasteiger partial charge in [0.05, 0.1) is 13.2 Å². The van der Waals surface area contributed by atoms with Gasteiger partial charge in [0.15, 0.2) is 6.10 Å². The number of carbonyl (C=O) groups excluding carboxylic acids is 2. The molecule has 2 atom stereocenters. The maximum Gasteiger partial charge on any atom is 0.472 e. The van der Waals surface area contributed by atoms with Gasteiger partial charge in [0.1, 0.15) is 6.61 Å². The second-order valence-corrected chi connectivity index (χ2v) is 29.0. The molecular formula is C89H156NO8P. The van der Waals surface area contributed by atoms with Gasteiger partial charge in [-0.1, -0.05) is 398 Å². The van der Waals surface area contributed by atoms with E-state index in [-0.39, 0.29) is 38.6 Å². The van der Waals surface area contributed by atoms with Gasteiger partial charge in [-0.3, -0.25) is 18.6 Å². The predicted octanol–water partition coefficient (Wildman–Crippen LogP) is 28.3. The maximum absolute atomic E-state index is 12.8. The molecule has 570 valence electrons. The van der Waals surface area contributed by atoms with E-state index in [1.807, 2.05) is 0 Å². The molecule has 0 aromatic heterocycles. The first-order valence-electron chi connectivity index (χ1n) is 41.7. The summed E-state index contributed by atoms with van der Waals surface area (Å²) in [5, 5.41) is 0. The van der Waals surface area contributed by atoms with Crippen molar-refractivity contribution in [1.29, 1.82) is 0 Å². The number of hydrogen-bond acceptors (Lipinski definition) is 8. The Bertz CT molecular complexity index is 2100. The van der Waals surface area contributed by atoms with Crippen LogP contribution in [0.4, 0.5) is 0 Å². The quantitative estimate of drug-likeness (QED) is 0.0264. The standard InChI is InChI=1S/C89H156NO8P/c1-3-5-7-9-11-13-15-17-19-21-23-25-27-29-31-33-35-37-39-41-43-45-47-49-51-53-55-57-59-61-63-65-67-69-71-73-75-77-79-81-88(91)95-85-87(86-97-99(93,94)96-84-83-90)98-89(92)82-80-78-76-74-72-70-68-66-64-62-60-58-56-54-52-50-48-46-44-42-40-38-36-34-32-30-28-26-24-22-20-18-16-14-12-10-8-6-4-2/h5-8,11-14,17-20,23-26,30,32,36,38,42,44,87H,3-4,9-10,15-16,21-22,27-29,31,33-35,37,39-41,43,45-86,90H2,1-2H3,(H,93,94)/b7-5-,8-6-,13-11-,14-12-,19-17-,20-18-,25-23-,26-24-,32-30-,38-36-,44-42-. The first kappa shape index (κ1) is 95.2. The van der Waals surface area contributed by atoms with Crippen LogP contribution in [-0.2, 0) is 32.7 Å². The van der Waals surface area contributed by atoms with E-state index in [0.717, 1.165) is 109 Å². The number of allylic oxidation sites excluding steroid dienone is 22. The Morgan fingerprint density at radius 3 is 0.778 bits per heavy atom. The summed E-state index contributed by atoms with van der Waals surface area (Å²) in [5.74, 6) is -0.812. The topological polar surface area (TPSA) is 134 Å². The van der Waals surface area contributed by atoms with Gasteiger partial charge < -0.3 is 20.1 Å². The number of phosphoric ester groups is 1. The summed E-state index contributed by atoms with van der Waals surface area (Å²) in [4.78, 5) is 35.5. The summed E-state index contributed by atoms with van der Waals surface area (Å²) in [6.45, 7) is 3.57.